The molecular weight excluding hydrogens is 320 g/mol. The number of pyridine rings is 1. The van der Waals surface area contributed by atoms with Crippen LogP contribution in [-0.4, -0.2) is 29.1 Å². The Labute approximate surface area is 144 Å². The van der Waals surface area contributed by atoms with Crippen LogP contribution in [0.15, 0.2) is 54.6 Å². The van der Waals surface area contributed by atoms with E-state index in [9.17, 15) is 9.59 Å². The SMILES string of the molecule is COc1cccc2ccc(C(=O)NCc3ccc(C(=O)O)cc3)nc12. The van der Waals surface area contributed by atoms with Gasteiger partial charge in [0.2, 0.25) is 0 Å². The van der Waals surface area contributed by atoms with Crippen molar-refractivity contribution in [2.75, 3.05) is 7.11 Å². The lowest BCUT2D eigenvalue weighted by atomic mass is 10.1. The third kappa shape index (κ3) is 3.58. The second-order valence-corrected chi connectivity index (χ2v) is 5.41. The van der Waals surface area contributed by atoms with Gasteiger partial charge < -0.3 is 15.2 Å². The fourth-order valence-corrected chi connectivity index (χ4v) is 2.45. The second kappa shape index (κ2) is 7.00. The Morgan fingerprint density at radius 2 is 1.84 bits per heavy atom. The molecule has 0 bridgehead atoms. The molecule has 1 aromatic heterocycles. The number of fused-ring (bicyclic) bond motifs is 1. The molecule has 0 atom stereocenters. The number of carboxylic acids is 1. The summed E-state index contributed by atoms with van der Waals surface area (Å²) in [6.45, 7) is 0.282. The van der Waals surface area contributed by atoms with Crippen LogP contribution in [0.1, 0.15) is 26.4 Å². The van der Waals surface area contributed by atoms with Crippen LogP contribution in [0.4, 0.5) is 0 Å². The number of aromatic nitrogens is 1. The number of para-hydroxylation sites is 1. The molecule has 3 rings (SSSR count). The number of benzene rings is 2. The van der Waals surface area contributed by atoms with Crippen LogP contribution in [0.25, 0.3) is 10.9 Å². The van der Waals surface area contributed by atoms with Crippen molar-refractivity contribution in [1.82, 2.24) is 10.3 Å². The molecule has 2 N–H and O–H groups in total. The standard InChI is InChI=1S/C19H16N2O4/c1-25-16-4-2-3-13-9-10-15(21-17(13)16)18(22)20-11-12-5-7-14(8-6-12)19(23)24/h2-10H,11H2,1H3,(H,20,22)(H,23,24). The monoisotopic (exact) mass is 336 g/mol. The van der Waals surface area contributed by atoms with Crippen LogP contribution in [0.3, 0.4) is 0 Å². The lowest BCUT2D eigenvalue weighted by Gasteiger charge is -2.08. The fourth-order valence-electron chi connectivity index (χ4n) is 2.45. The molecule has 0 aliphatic rings. The van der Waals surface area contributed by atoms with Crippen LogP contribution in [0.2, 0.25) is 0 Å². The van der Waals surface area contributed by atoms with Crippen LogP contribution in [-0.2, 0) is 6.54 Å². The van der Waals surface area contributed by atoms with E-state index in [2.05, 4.69) is 10.3 Å². The lowest BCUT2D eigenvalue weighted by molar-refractivity contribution is 0.0696. The Kier molecular flexibility index (Phi) is 4.61. The summed E-state index contributed by atoms with van der Waals surface area (Å²) >= 11 is 0. The van der Waals surface area contributed by atoms with E-state index in [-0.39, 0.29) is 18.0 Å². The highest BCUT2D eigenvalue weighted by molar-refractivity contribution is 5.96. The summed E-state index contributed by atoms with van der Waals surface area (Å²) in [5.74, 6) is -0.684. The first-order chi connectivity index (χ1) is 12.1. The van der Waals surface area contributed by atoms with Gasteiger partial charge in [-0.1, -0.05) is 30.3 Å². The van der Waals surface area contributed by atoms with E-state index in [1.807, 2.05) is 18.2 Å². The number of rotatable bonds is 5. The van der Waals surface area contributed by atoms with Crippen molar-refractivity contribution in [2.24, 2.45) is 0 Å². The number of carboxylic acid groups (broad SMARTS) is 1. The molecule has 2 aromatic carbocycles. The normalized spacial score (nSPS) is 10.4. The van der Waals surface area contributed by atoms with Gasteiger partial charge in [0.05, 0.1) is 12.7 Å². The van der Waals surface area contributed by atoms with Gasteiger partial charge in [-0.05, 0) is 29.8 Å². The van der Waals surface area contributed by atoms with E-state index in [1.165, 1.54) is 12.1 Å². The molecule has 0 radical (unpaired) electrons. The van der Waals surface area contributed by atoms with Crippen LogP contribution in [0.5, 0.6) is 5.75 Å². The van der Waals surface area contributed by atoms with E-state index in [0.29, 0.717) is 17.0 Å². The van der Waals surface area contributed by atoms with E-state index in [0.717, 1.165) is 10.9 Å². The zero-order valence-corrected chi connectivity index (χ0v) is 13.5. The maximum Gasteiger partial charge on any atom is 0.335 e. The van der Waals surface area contributed by atoms with Gasteiger partial charge in [-0.2, -0.15) is 0 Å². The largest absolute Gasteiger partial charge is 0.494 e. The summed E-state index contributed by atoms with van der Waals surface area (Å²) in [7, 11) is 1.56. The molecule has 0 unspecified atom stereocenters. The smallest absolute Gasteiger partial charge is 0.335 e. The first-order valence-corrected chi connectivity index (χ1v) is 7.62. The lowest BCUT2D eigenvalue weighted by Crippen LogP contribution is -2.23. The average molecular weight is 336 g/mol. The molecule has 3 aromatic rings. The van der Waals surface area contributed by atoms with Crippen LogP contribution in [0, 0.1) is 0 Å². The molecule has 126 valence electrons. The number of methoxy groups -OCH3 is 1. The van der Waals surface area contributed by atoms with Crippen molar-refractivity contribution in [3.05, 3.63) is 71.4 Å². The molecule has 6 nitrogen and oxygen atoms in total. The van der Waals surface area contributed by atoms with Gasteiger partial charge in [0.25, 0.3) is 5.91 Å². The number of aromatic carboxylic acids is 1. The molecule has 0 fully saturated rings. The third-order valence-electron chi connectivity index (χ3n) is 3.79. The second-order valence-electron chi connectivity index (χ2n) is 5.41. The van der Waals surface area contributed by atoms with E-state index < -0.39 is 5.97 Å². The molecule has 0 aliphatic carbocycles. The highest BCUT2D eigenvalue weighted by atomic mass is 16.5. The Balaban J connectivity index is 1.74. The maximum atomic E-state index is 12.3. The molecule has 25 heavy (non-hydrogen) atoms. The molecule has 1 heterocycles. The van der Waals surface area contributed by atoms with Gasteiger partial charge in [0.1, 0.15) is 17.0 Å². The Morgan fingerprint density at radius 1 is 1.08 bits per heavy atom. The first-order valence-electron chi connectivity index (χ1n) is 7.62. The molecule has 6 heteroatoms. The summed E-state index contributed by atoms with van der Waals surface area (Å²) in [4.78, 5) is 27.5. The molecule has 0 saturated carbocycles. The number of nitrogens with zero attached hydrogens (tertiary/aromatic N) is 1. The third-order valence-corrected chi connectivity index (χ3v) is 3.79. The number of hydrogen-bond donors (Lipinski definition) is 2. The van der Waals surface area contributed by atoms with Crippen LogP contribution >= 0.6 is 0 Å². The molecular formula is C19H16N2O4. The van der Waals surface area contributed by atoms with E-state index >= 15 is 0 Å². The molecule has 0 spiro atoms. The highest BCUT2D eigenvalue weighted by Gasteiger charge is 2.10. The molecule has 0 aliphatic heterocycles. The number of ether oxygens (including phenoxy) is 1. The van der Waals surface area contributed by atoms with Crippen molar-refractivity contribution < 1.29 is 19.4 Å². The summed E-state index contributed by atoms with van der Waals surface area (Å²) in [6, 6.07) is 15.4. The predicted molar refractivity (Wildman–Crippen MR) is 92.9 cm³/mol. The minimum atomic E-state index is -0.982. The molecule has 0 saturated heterocycles. The van der Waals surface area contributed by atoms with Gasteiger partial charge in [-0.25, -0.2) is 9.78 Å². The van der Waals surface area contributed by atoms with Crippen molar-refractivity contribution in [2.45, 2.75) is 6.54 Å². The summed E-state index contributed by atoms with van der Waals surface area (Å²) < 4.78 is 5.28. The van der Waals surface area contributed by atoms with Gasteiger partial charge >= 0.3 is 5.97 Å². The van der Waals surface area contributed by atoms with Gasteiger partial charge in [0, 0.05) is 11.9 Å². The minimum Gasteiger partial charge on any atom is -0.494 e. The topological polar surface area (TPSA) is 88.5 Å². The average Bonchev–Trinajstić information content (AvgIpc) is 2.65. The van der Waals surface area contributed by atoms with Crippen molar-refractivity contribution in [1.29, 1.82) is 0 Å². The van der Waals surface area contributed by atoms with Crippen molar-refractivity contribution in [3.8, 4) is 5.75 Å². The highest BCUT2D eigenvalue weighted by Crippen LogP contribution is 2.23. The number of carbonyl (C=O) groups is 2. The Bertz CT molecular complexity index is 936. The van der Waals surface area contributed by atoms with E-state index in [1.54, 1.807) is 31.4 Å². The summed E-state index contributed by atoms with van der Waals surface area (Å²) in [6.07, 6.45) is 0. The zero-order valence-electron chi connectivity index (χ0n) is 13.5. The molecule has 1 amide bonds. The minimum absolute atomic E-state index is 0.207. The van der Waals surface area contributed by atoms with Crippen molar-refractivity contribution >= 4 is 22.8 Å². The summed E-state index contributed by atoms with van der Waals surface area (Å²) in [5, 5.41) is 12.5. The number of amides is 1. The quantitative estimate of drug-likeness (QED) is 0.748. The zero-order chi connectivity index (χ0) is 17.8. The first kappa shape index (κ1) is 16.4. The Hall–Kier alpha value is -3.41. The maximum absolute atomic E-state index is 12.3. The number of carbonyl (C=O) groups excluding carboxylic acids is 1. The summed E-state index contributed by atoms with van der Waals surface area (Å²) in [5.41, 5.74) is 1.93. The Morgan fingerprint density at radius 3 is 2.52 bits per heavy atom. The van der Waals surface area contributed by atoms with Gasteiger partial charge in [-0.15, -0.1) is 0 Å². The number of nitrogens with one attached hydrogen (secondary N) is 1. The van der Waals surface area contributed by atoms with E-state index in [4.69, 9.17) is 9.84 Å². The van der Waals surface area contributed by atoms with Crippen molar-refractivity contribution in [3.63, 3.8) is 0 Å². The predicted octanol–water partition coefficient (Wildman–Crippen LogP) is 2.87. The van der Waals surface area contributed by atoms with Crippen LogP contribution < -0.4 is 10.1 Å². The van der Waals surface area contributed by atoms with Gasteiger partial charge in [0.15, 0.2) is 0 Å². The number of hydrogen-bond acceptors (Lipinski definition) is 4. The fraction of sp³-hybridized carbons (Fsp3) is 0.105. The van der Waals surface area contributed by atoms with Gasteiger partial charge in [-0.3, -0.25) is 4.79 Å².